The Morgan fingerprint density at radius 2 is 1.79 bits per heavy atom. The third-order valence-corrected chi connectivity index (χ3v) is 5.04. The molecule has 2 fully saturated rings. The highest BCUT2D eigenvalue weighted by atomic mass is 16.8. The van der Waals surface area contributed by atoms with Crippen LogP contribution >= 0.6 is 0 Å². The van der Waals surface area contributed by atoms with Crippen LogP contribution in [-0.2, 0) is 14.2 Å². The smallest absolute Gasteiger partial charge is 0.189 e. The molecular weight excluding hydrogens is 324 g/mol. The lowest BCUT2D eigenvalue weighted by molar-refractivity contribution is -0.350. The van der Waals surface area contributed by atoms with Crippen molar-refractivity contribution >= 4 is 0 Å². The highest BCUT2D eigenvalue weighted by molar-refractivity contribution is 5.21. The van der Waals surface area contributed by atoms with E-state index in [0.29, 0.717) is 18.6 Å². The first-order valence-corrected chi connectivity index (χ1v) is 8.05. The van der Waals surface area contributed by atoms with Gasteiger partial charge in [0.25, 0.3) is 0 Å². The van der Waals surface area contributed by atoms with Gasteiger partial charge in [0.15, 0.2) is 12.6 Å². The van der Waals surface area contributed by atoms with Crippen molar-refractivity contribution in [3.63, 3.8) is 0 Å². The summed E-state index contributed by atoms with van der Waals surface area (Å²) in [6, 6.07) is 0. The summed E-state index contributed by atoms with van der Waals surface area (Å²) >= 11 is 0. The largest absolute Gasteiger partial charge is 0.394 e. The number of ether oxygens (including phenoxy) is 3. The summed E-state index contributed by atoms with van der Waals surface area (Å²) in [7, 11) is 0. The first-order chi connectivity index (χ1) is 11.5. The monoisotopic (exact) mass is 348 g/mol. The average Bonchev–Trinajstić information content (AvgIpc) is 2.92. The lowest BCUT2D eigenvalue weighted by Crippen LogP contribution is -2.60. The van der Waals surface area contributed by atoms with Gasteiger partial charge < -0.3 is 44.8 Å². The van der Waals surface area contributed by atoms with Crippen molar-refractivity contribution < 1.29 is 44.8 Å². The second-order valence-corrected chi connectivity index (χ2v) is 6.44. The van der Waals surface area contributed by atoms with E-state index in [-0.39, 0.29) is 12.5 Å². The molecule has 0 radical (unpaired) electrons. The molecule has 0 saturated carbocycles. The van der Waals surface area contributed by atoms with Crippen LogP contribution in [-0.4, -0.2) is 93.6 Å². The van der Waals surface area contributed by atoms with Crippen LogP contribution in [0.2, 0.25) is 0 Å². The van der Waals surface area contributed by atoms with Crippen molar-refractivity contribution in [3.05, 3.63) is 11.6 Å². The first-order valence-electron chi connectivity index (χ1n) is 8.05. The number of rotatable bonds is 4. The molecule has 0 aromatic heterocycles. The van der Waals surface area contributed by atoms with Gasteiger partial charge in [0.2, 0.25) is 0 Å². The quantitative estimate of drug-likeness (QED) is 0.294. The maximum atomic E-state index is 10.1. The second kappa shape index (κ2) is 7.32. The van der Waals surface area contributed by atoms with Crippen LogP contribution in [0.25, 0.3) is 0 Å². The molecule has 24 heavy (non-hydrogen) atoms. The van der Waals surface area contributed by atoms with Crippen molar-refractivity contribution in [2.24, 2.45) is 11.8 Å². The molecule has 0 amide bonds. The zero-order valence-corrected chi connectivity index (χ0v) is 13.0. The second-order valence-electron chi connectivity index (χ2n) is 6.44. The molecule has 2 saturated heterocycles. The summed E-state index contributed by atoms with van der Waals surface area (Å²) in [5.41, 5.74) is 0.585. The molecule has 2 heterocycles. The molecular formula is C15H24O9. The topological polar surface area (TPSA) is 149 Å². The fourth-order valence-electron chi connectivity index (χ4n) is 3.69. The van der Waals surface area contributed by atoms with E-state index in [2.05, 4.69) is 0 Å². The number of fused-ring (bicyclic) bond motifs is 1. The molecule has 138 valence electrons. The van der Waals surface area contributed by atoms with E-state index in [1.54, 1.807) is 6.08 Å². The van der Waals surface area contributed by atoms with Gasteiger partial charge >= 0.3 is 0 Å². The predicted octanol–water partition coefficient (Wildman–Crippen LogP) is -2.93. The molecule has 6 N–H and O–H groups in total. The van der Waals surface area contributed by atoms with Crippen LogP contribution in [0.1, 0.15) is 6.42 Å². The number of aliphatic hydroxyl groups is 6. The Bertz CT molecular complexity index is 468. The van der Waals surface area contributed by atoms with Crippen molar-refractivity contribution in [1.29, 1.82) is 0 Å². The van der Waals surface area contributed by atoms with Gasteiger partial charge in [0.05, 0.1) is 25.9 Å². The maximum Gasteiger partial charge on any atom is 0.189 e. The molecule has 2 aliphatic heterocycles. The predicted molar refractivity (Wildman–Crippen MR) is 77.4 cm³/mol. The van der Waals surface area contributed by atoms with Crippen LogP contribution in [0.15, 0.2) is 11.6 Å². The Labute approximate surface area is 138 Å². The Morgan fingerprint density at radius 1 is 1.04 bits per heavy atom. The van der Waals surface area contributed by atoms with Crippen molar-refractivity contribution in [2.75, 3.05) is 19.8 Å². The summed E-state index contributed by atoms with van der Waals surface area (Å²) in [6.07, 6.45) is -6.35. The van der Waals surface area contributed by atoms with Crippen molar-refractivity contribution in [2.45, 2.75) is 49.5 Å². The Morgan fingerprint density at radius 3 is 2.46 bits per heavy atom. The van der Waals surface area contributed by atoms with Gasteiger partial charge in [-0.25, -0.2) is 0 Å². The molecule has 0 aromatic rings. The van der Waals surface area contributed by atoms with Crippen LogP contribution in [0.3, 0.4) is 0 Å². The standard InChI is InChI=1S/C15H24O9/c16-4-6-3-8(18)7-1-2-22-14(10(6)7)24-15-13(21)12(20)11(19)9(5-17)23-15/h3,7-21H,1-2,4-5H2. The maximum absolute atomic E-state index is 10.1. The summed E-state index contributed by atoms with van der Waals surface area (Å²) in [4.78, 5) is 0. The third-order valence-electron chi connectivity index (χ3n) is 5.04. The van der Waals surface area contributed by atoms with Gasteiger partial charge in [-0.2, -0.15) is 0 Å². The van der Waals surface area contributed by atoms with E-state index < -0.39 is 55.6 Å². The van der Waals surface area contributed by atoms with Crippen LogP contribution in [0.5, 0.6) is 0 Å². The van der Waals surface area contributed by atoms with Crippen LogP contribution < -0.4 is 0 Å². The lowest BCUT2D eigenvalue weighted by Gasteiger charge is -2.43. The summed E-state index contributed by atoms with van der Waals surface area (Å²) in [5, 5.41) is 58.4. The first kappa shape index (κ1) is 18.2. The van der Waals surface area contributed by atoms with Gasteiger partial charge in [-0.1, -0.05) is 6.08 Å². The Balaban J connectivity index is 1.73. The van der Waals surface area contributed by atoms with E-state index in [9.17, 15) is 30.6 Å². The molecule has 0 spiro atoms. The summed E-state index contributed by atoms with van der Waals surface area (Å²) in [5.74, 6) is -0.568. The highest BCUT2D eigenvalue weighted by Crippen LogP contribution is 2.42. The minimum absolute atomic E-state index is 0.171. The fourth-order valence-corrected chi connectivity index (χ4v) is 3.69. The van der Waals surface area contributed by atoms with Gasteiger partial charge in [-0.15, -0.1) is 0 Å². The molecule has 1 aliphatic carbocycles. The van der Waals surface area contributed by atoms with Gasteiger partial charge in [-0.3, -0.25) is 0 Å². The average molecular weight is 348 g/mol. The molecule has 9 nitrogen and oxygen atoms in total. The minimum Gasteiger partial charge on any atom is -0.394 e. The summed E-state index contributed by atoms with van der Waals surface area (Å²) in [6.45, 7) is -0.480. The zero-order valence-electron chi connectivity index (χ0n) is 13.0. The van der Waals surface area contributed by atoms with Crippen molar-refractivity contribution in [1.82, 2.24) is 0 Å². The normalized spacial score (nSPS) is 48.9. The number of aliphatic hydroxyl groups excluding tert-OH is 6. The van der Waals surface area contributed by atoms with E-state index in [1.165, 1.54) is 0 Å². The zero-order chi connectivity index (χ0) is 17.4. The van der Waals surface area contributed by atoms with Gasteiger partial charge in [-0.05, 0) is 12.0 Å². The SMILES string of the molecule is OCC1=CC(O)C2CCOC(OC3OC(CO)C(O)C(O)C3O)C12. The third kappa shape index (κ3) is 3.12. The molecule has 0 bridgehead atoms. The van der Waals surface area contributed by atoms with Crippen LogP contribution in [0.4, 0.5) is 0 Å². The van der Waals surface area contributed by atoms with E-state index in [1.807, 2.05) is 0 Å². The van der Waals surface area contributed by atoms with Crippen molar-refractivity contribution in [3.8, 4) is 0 Å². The molecule has 9 unspecified atom stereocenters. The number of hydrogen-bond donors (Lipinski definition) is 6. The number of hydrogen-bond acceptors (Lipinski definition) is 9. The lowest BCUT2D eigenvalue weighted by atomic mass is 9.85. The minimum atomic E-state index is -1.54. The summed E-state index contributed by atoms with van der Waals surface area (Å²) < 4.78 is 16.5. The van der Waals surface area contributed by atoms with Crippen LogP contribution in [0, 0.1) is 11.8 Å². The van der Waals surface area contributed by atoms with E-state index in [0.717, 1.165) is 0 Å². The Hall–Kier alpha value is -0.620. The molecule has 3 aliphatic rings. The Kier molecular flexibility index (Phi) is 5.55. The molecule has 0 aromatic carbocycles. The fraction of sp³-hybridized carbons (Fsp3) is 0.867. The van der Waals surface area contributed by atoms with E-state index >= 15 is 0 Å². The van der Waals surface area contributed by atoms with Gasteiger partial charge in [0, 0.05) is 11.8 Å². The van der Waals surface area contributed by atoms with E-state index in [4.69, 9.17) is 14.2 Å². The molecule has 9 atom stereocenters. The molecule has 9 heteroatoms. The highest BCUT2D eigenvalue weighted by Gasteiger charge is 2.49. The molecule has 3 rings (SSSR count). The van der Waals surface area contributed by atoms with Gasteiger partial charge in [0.1, 0.15) is 24.4 Å².